The zero-order valence-corrected chi connectivity index (χ0v) is 21.2. The molecule has 2 bridgehead atoms. The van der Waals surface area contributed by atoms with Crippen molar-refractivity contribution in [3.05, 3.63) is 49.6 Å². The molecule has 1 aromatic carbocycles. The highest BCUT2D eigenvalue weighted by Gasteiger charge is 2.43. The standard InChI is InChI=1S/C23H22BrCl2N3O2S/c24-19-11-32-23(27-19)29-13-6-7-14(29)9-15(8-13)30-10-16-21(28-31-22(16)12-4-5-12)20-17(25)2-1-3-18(20)26/h1-3,11-15H,4-10H2/t13-,14+,15+. The van der Waals surface area contributed by atoms with Crippen molar-refractivity contribution in [2.45, 2.75) is 69.2 Å². The Kier molecular flexibility index (Phi) is 5.75. The van der Waals surface area contributed by atoms with Crippen LogP contribution in [0.4, 0.5) is 5.13 Å². The largest absolute Gasteiger partial charge is 0.373 e. The molecule has 6 rings (SSSR count). The van der Waals surface area contributed by atoms with Gasteiger partial charge >= 0.3 is 0 Å². The summed E-state index contributed by atoms with van der Waals surface area (Å²) in [5.41, 5.74) is 2.45. The van der Waals surface area contributed by atoms with E-state index in [1.165, 1.54) is 12.8 Å². The van der Waals surface area contributed by atoms with Gasteiger partial charge in [0.05, 0.1) is 22.8 Å². The van der Waals surface area contributed by atoms with Crippen LogP contribution in [0.2, 0.25) is 10.0 Å². The first-order chi connectivity index (χ1) is 15.6. The second kappa shape index (κ2) is 8.58. The van der Waals surface area contributed by atoms with E-state index >= 15 is 0 Å². The van der Waals surface area contributed by atoms with Crippen molar-refractivity contribution in [2.24, 2.45) is 0 Å². The van der Waals surface area contributed by atoms with Gasteiger partial charge in [0.1, 0.15) is 16.1 Å². The first-order valence-electron chi connectivity index (χ1n) is 11.0. The molecule has 4 heterocycles. The summed E-state index contributed by atoms with van der Waals surface area (Å²) in [5, 5.41) is 8.72. The van der Waals surface area contributed by atoms with Crippen LogP contribution in [0.5, 0.6) is 0 Å². The molecule has 3 aliphatic rings. The second-order valence-corrected chi connectivity index (χ2v) is 11.4. The van der Waals surface area contributed by atoms with Crippen molar-refractivity contribution >= 4 is 55.6 Å². The fourth-order valence-electron chi connectivity index (χ4n) is 5.19. The normalized spacial score (nSPS) is 25.0. The van der Waals surface area contributed by atoms with Gasteiger partial charge in [-0.15, -0.1) is 11.3 Å². The molecule has 0 amide bonds. The van der Waals surface area contributed by atoms with Gasteiger partial charge in [0.15, 0.2) is 5.13 Å². The molecule has 2 aliphatic heterocycles. The SMILES string of the molecule is Clc1cccc(Cl)c1-c1noc(C2CC2)c1CO[C@H]1C[C@H]2CC[C@@H](C1)N2c1nc(Br)cs1. The third-order valence-corrected chi connectivity index (χ3v) is 9.00. The minimum atomic E-state index is 0.212. The van der Waals surface area contributed by atoms with Crippen LogP contribution in [0, 0.1) is 0 Å². The minimum absolute atomic E-state index is 0.212. The average molecular weight is 555 g/mol. The van der Waals surface area contributed by atoms with Gasteiger partial charge in [0.2, 0.25) is 0 Å². The molecule has 0 spiro atoms. The quantitative estimate of drug-likeness (QED) is 0.316. The number of nitrogens with zero attached hydrogens (tertiary/aromatic N) is 3. The molecule has 168 valence electrons. The van der Waals surface area contributed by atoms with E-state index in [0.717, 1.165) is 58.0 Å². The maximum Gasteiger partial charge on any atom is 0.186 e. The molecule has 9 heteroatoms. The third-order valence-electron chi connectivity index (χ3n) is 6.80. The molecule has 0 radical (unpaired) electrons. The summed E-state index contributed by atoms with van der Waals surface area (Å²) in [5.74, 6) is 1.36. The van der Waals surface area contributed by atoms with Gasteiger partial charge in [-0.2, -0.15) is 0 Å². The summed E-state index contributed by atoms with van der Waals surface area (Å²) in [6, 6.07) is 6.49. The fourth-order valence-corrected chi connectivity index (χ4v) is 7.16. The Labute approximate surface area is 209 Å². The smallest absolute Gasteiger partial charge is 0.186 e. The van der Waals surface area contributed by atoms with Crippen LogP contribution in [-0.4, -0.2) is 28.3 Å². The third kappa shape index (κ3) is 3.90. The number of piperidine rings is 1. The Balaban J connectivity index is 1.22. The van der Waals surface area contributed by atoms with E-state index in [-0.39, 0.29) is 6.10 Å². The van der Waals surface area contributed by atoms with Crippen LogP contribution in [-0.2, 0) is 11.3 Å². The molecule has 32 heavy (non-hydrogen) atoms. The first kappa shape index (κ1) is 21.4. The van der Waals surface area contributed by atoms with Gasteiger partial charge in [0.25, 0.3) is 0 Å². The summed E-state index contributed by atoms with van der Waals surface area (Å²) < 4.78 is 13.2. The predicted molar refractivity (Wildman–Crippen MR) is 131 cm³/mol. The van der Waals surface area contributed by atoms with Crippen molar-refractivity contribution in [2.75, 3.05) is 4.90 Å². The number of halogens is 3. The number of hydrogen-bond donors (Lipinski definition) is 0. The van der Waals surface area contributed by atoms with Gasteiger partial charge in [-0.05, 0) is 66.6 Å². The number of thiazole rings is 1. The highest BCUT2D eigenvalue weighted by atomic mass is 79.9. The van der Waals surface area contributed by atoms with Crippen LogP contribution in [0.1, 0.15) is 55.8 Å². The number of aromatic nitrogens is 2. The van der Waals surface area contributed by atoms with Crippen molar-refractivity contribution in [3.8, 4) is 11.3 Å². The first-order valence-corrected chi connectivity index (χ1v) is 13.4. The Morgan fingerprint density at radius 2 is 1.84 bits per heavy atom. The van der Waals surface area contributed by atoms with E-state index < -0.39 is 0 Å². The molecule has 2 aromatic heterocycles. The average Bonchev–Trinajstić information content (AvgIpc) is 3.30. The van der Waals surface area contributed by atoms with Crippen molar-refractivity contribution < 1.29 is 9.26 Å². The van der Waals surface area contributed by atoms with Crippen LogP contribution in [0.25, 0.3) is 11.3 Å². The molecular formula is C23H22BrCl2N3O2S. The van der Waals surface area contributed by atoms with Crippen LogP contribution < -0.4 is 4.90 Å². The molecule has 5 nitrogen and oxygen atoms in total. The Morgan fingerprint density at radius 1 is 1.12 bits per heavy atom. The zero-order chi connectivity index (χ0) is 21.8. The summed E-state index contributed by atoms with van der Waals surface area (Å²) in [6.07, 6.45) is 6.89. The van der Waals surface area contributed by atoms with E-state index in [9.17, 15) is 0 Å². The van der Waals surface area contributed by atoms with E-state index in [4.69, 9.17) is 32.5 Å². The van der Waals surface area contributed by atoms with Crippen molar-refractivity contribution in [3.63, 3.8) is 0 Å². The molecule has 3 aromatic rings. The lowest BCUT2D eigenvalue weighted by atomic mass is 10.00. The van der Waals surface area contributed by atoms with E-state index in [2.05, 4.69) is 36.4 Å². The zero-order valence-electron chi connectivity index (χ0n) is 17.3. The molecule has 1 aliphatic carbocycles. The second-order valence-electron chi connectivity index (χ2n) is 8.89. The van der Waals surface area contributed by atoms with Crippen LogP contribution in [0.3, 0.4) is 0 Å². The number of anilines is 1. The summed E-state index contributed by atoms with van der Waals surface area (Å²) in [7, 11) is 0. The monoisotopic (exact) mass is 553 g/mol. The molecular weight excluding hydrogens is 533 g/mol. The maximum atomic E-state index is 6.52. The lowest BCUT2D eigenvalue weighted by Gasteiger charge is -2.38. The van der Waals surface area contributed by atoms with Crippen molar-refractivity contribution in [1.82, 2.24) is 10.1 Å². The van der Waals surface area contributed by atoms with E-state index in [1.54, 1.807) is 11.3 Å². The van der Waals surface area contributed by atoms with E-state index in [1.807, 2.05) is 18.2 Å². The van der Waals surface area contributed by atoms with Gasteiger partial charge in [-0.25, -0.2) is 4.98 Å². The summed E-state index contributed by atoms with van der Waals surface area (Å²) in [6.45, 7) is 0.471. The van der Waals surface area contributed by atoms with Crippen LogP contribution >= 0.6 is 50.5 Å². The number of hydrogen-bond acceptors (Lipinski definition) is 6. The summed E-state index contributed by atoms with van der Waals surface area (Å²) in [4.78, 5) is 7.17. The molecule has 1 saturated carbocycles. The van der Waals surface area contributed by atoms with Crippen molar-refractivity contribution in [1.29, 1.82) is 0 Å². The summed E-state index contributed by atoms with van der Waals surface area (Å²) >= 11 is 18.2. The topological polar surface area (TPSA) is 51.4 Å². The number of rotatable bonds is 6. The molecule has 0 unspecified atom stereocenters. The van der Waals surface area contributed by atoms with E-state index in [0.29, 0.717) is 34.7 Å². The van der Waals surface area contributed by atoms with Gasteiger partial charge in [0, 0.05) is 34.5 Å². The predicted octanol–water partition coefficient (Wildman–Crippen LogP) is 7.46. The lowest BCUT2D eigenvalue weighted by molar-refractivity contribution is 0.0147. The molecule has 2 saturated heterocycles. The number of fused-ring (bicyclic) bond motifs is 2. The highest BCUT2D eigenvalue weighted by Crippen LogP contribution is 2.47. The maximum absolute atomic E-state index is 6.52. The molecule has 3 atom stereocenters. The lowest BCUT2D eigenvalue weighted by Crippen LogP contribution is -2.45. The highest BCUT2D eigenvalue weighted by molar-refractivity contribution is 9.10. The number of benzene rings is 1. The fraction of sp³-hybridized carbons (Fsp3) is 0.478. The minimum Gasteiger partial charge on any atom is -0.373 e. The molecule has 3 fully saturated rings. The Hall–Kier alpha value is -1.12. The van der Waals surface area contributed by atoms with Gasteiger partial charge < -0.3 is 14.2 Å². The number of ether oxygens (including phenoxy) is 1. The Bertz CT molecular complexity index is 1110. The van der Waals surface area contributed by atoms with Crippen LogP contribution in [0.15, 0.2) is 32.7 Å². The molecule has 0 N–H and O–H groups in total. The van der Waals surface area contributed by atoms with Gasteiger partial charge in [-0.3, -0.25) is 0 Å². The van der Waals surface area contributed by atoms with Gasteiger partial charge in [-0.1, -0.05) is 34.4 Å². The Morgan fingerprint density at radius 3 is 2.47 bits per heavy atom.